The van der Waals surface area contributed by atoms with Crippen LogP contribution in [-0.2, 0) is 0 Å². The number of benzene rings is 1. The molecule has 106 valence electrons. The van der Waals surface area contributed by atoms with Gasteiger partial charge >= 0.3 is 0 Å². The van der Waals surface area contributed by atoms with Crippen LogP contribution in [0.25, 0.3) is 0 Å². The second kappa shape index (κ2) is 6.12. The van der Waals surface area contributed by atoms with Crippen LogP contribution in [0.4, 0.5) is 5.69 Å². The molecule has 0 aliphatic carbocycles. The van der Waals surface area contributed by atoms with Gasteiger partial charge in [0.2, 0.25) is 0 Å². The fourth-order valence-corrected chi connectivity index (χ4v) is 3.10. The van der Waals surface area contributed by atoms with Crippen molar-refractivity contribution in [2.75, 3.05) is 32.1 Å². The van der Waals surface area contributed by atoms with Crippen LogP contribution in [0.1, 0.15) is 31.4 Å². The number of hydrogen-bond acceptors (Lipinski definition) is 3. The van der Waals surface area contributed by atoms with Crippen molar-refractivity contribution < 1.29 is 0 Å². The lowest BCUT2D eigenvalue weighted by Crippen LogP contribution is -2.36. The van der Waals surface area contributed by atoms with Crippen LogP contribution < -0.4 is 10.6 Å². The first-order valence-corrected chi connectivity index (χ1v) is 7.33. The molecule has 2 N–H and O–H groups in total. The second-order valence-electron chi connectivity index (χ2n) is 5.65. The fourth-order valence-electron chi connectivity index (χ4n) is 2.75. The summed E-state index contributed by atoms with van der Waals surface area (Å²) in [6.07, 6.45) is 2.59. The zero-order chi connectivity index (χ0) is 14.0. The number of likely N-dealkylation sites (tertiary alicyclic amines) is 1. The Labute approximate surface area is 121 Å². The van der Waals surface area contributed by atoms with Gasteiger partial charge in [-0.3, -0.25) is 0 Å². The highest BCUT2D eigenvalue weighted by atomic mass is 35.5. The number of halogens is 1. The molecule has 2 rings (SSSR count). The Hall–Kier alpha value is -0.770. The van der Waals surface area contributed by atoms with E-state index in [0.717, 1.165) is 22.8 Å². The predicted molar refractivity (Wildman–Crippen MR) is 83.0 cm³/mol. The van der Waals surface area contributed by atoms with E-state index < -0.39 is 0 Å². The summed E-state index contributed by atoms with van der Waals surface area (Å²) < 4.78 is 0. The maximum atomic E-state index is 6.30. The molecule has 2 unspecified atom stereocenters. The minimum Gasteiger partial charge on any atom is -0.373 e. The van der Waals surface area contributed by atoms with Crippen LogP contribution in [0, 0.1) is 0 Å². The van der Waals surface area contributed by atoms with Gasteiger partial charge < -0.3 is 15.5 Å². The third-order valence-electron chi connectivity index (χ3n) is 4.07. The van der Waals surface area contributed by atoms with E-state index in [-0.39, 0.29) is 6.04 Å². The number of likely N-dealkylation sites (N-methyl/N-ethyl adjacent to an activating group) is 2. The molecule has 1 aromatic carbocycles. The summed E-state index contributed by atoms with van der Waals surface area (Å²) in [5.74, 6) is 0. The molecule has 1 aliphatic rings. The molecular formula is C15H24ClN3. The van der Waals surface area contributed by atoms with E-state index in [1.54, 1.807) is 0 Å². The minimum atomic E-state index is -0.0205. The number of hydrogen-bond donors (Lipinski definition) is 1. The summed E-state index contributed by atoms with van der Waals surface area (Å²) in [6, 6.07) is 6.80. The van der Waals surface area contributed by atoms with Crippen LogP contribution in [0.5, 0.6) is 0 Å². The minimum absolute atomic E-state index is 0.0205. The van der Waals surface area contributed by atoms with Crippen LogP contribution in [-0.4, -0.2) is 38.1 Å². The van der Waals surface area contributed by atoms with Crippen LogP contribution in [0.2, 0.25) is 5.02 Å². The van der Waals surface area contributed by atoms with Gasteiger partial charge in [0, 0.05) is 36.4 Å². The fraction of sp³-hybridized carbons (Fsp3) is 0.600. The number of nitrogens with zero attached hydrogens (tertiary/aromatic N) is 2. The molecule has 2 atom stereocenters. The van der Waals surface area contributed by atoms with E-state index >= 15 is 0 Å². The van der Waals surface area contributed by atoms with Gasteiger partial charge in [0.05, 0.1) is 0 Å². The van der Waals surface area contributed by atoms with Crippen LogP contribution in [0.3, 0.4) is 0 Å². The van der Waals surface area contributed by atoms with Gasteiger partial charge in [-0.25, -0.2) is 0 Å². The topological polar surface area (TPSA) is 32.5 Å². The van der Waals surface area contributed by atoms with E-state index in [0.29, 0.717) is 6.04 Å². The first-order valence-electron chi connectivity index (χ1n) is 6.95. The monoisotopic (exact) mass is 281 g/mol. The molecule has 1 aliphatic heterocycles. The van der Waals surface area contributed by atoms with E-state index in [1.165, 1.54) is 19.4 Å². The molecular weight excluding hydrogens is 258 g/mol. The van der Waals surface area contributed by atoms with Gasteiger partial charge in [0.1, 0.15) is 0 Å². The standard InChI is InChI=1S/C15H24ClN3/c1-11(17)14-7-6-12(9-15(14)16)19(3)10-13-5-4-8-18(13)2/h6-7,9,11,13H,4-5,8,10,17H2,1-3H3. The average Bonchev–Trinajstić information content (AvgIpc) is 2.74. The summed E-state index contributed by atoms with van der Waals surface area (Å²) in [5.41, 5.74) is 8.06. The molecule has 1 aromatic rings. The molecule has 3 nitrogen and oxygen atoms in total. The van der Waals surface area contributed by atoms with Crippen molar-refractivity contribution in [2.45, 2.75) is 31.8 Å². The van der Waals surface area contributed by atoms with Crippen molar-refractivity contribution in [3.05, 3.63) is 28.8 Å². The smallest absolute Gasteiger partial charge is 0.0474 e. The molecule has 0 saturated carbocycles. The molecule has 0 aromatic heterocycles. The zero-order valence-electron chi connectivity index (χ0n) is 12.1. The summed E-state index contributed by atoms with van der Waals surface area (Å²) >= 11 is 6.30. The number of anilines is 1. The van der Waals surface area contributed by atoms with Crippen molar-refractivity contribution in [3.63, 3.8) is 0 Å². The molecule has 0 amide bonds. The number of rotatable bonds is 4. The van der Waals surface area contributed by atoms with E-state index in [4.69, 9.17) is 17.3 Å². The Kier molecular flexibility index (Phi) is 4.71. The third-order valence-corrected chi connectivity index (χ3v) is 4.40. The maximum Gasteiger partial charge on any atom is 0.0474 e. The van der Waals surface area contributed by atoms with Gasteiger partial charge in [-0.05, 0) is 51.1 Å². The first-order chi connectivity index (χ1) is 8.99. The molecule has 4 heteroatoms. The van der Waals surface area contributed by atoms with Gasteiger partial charge in [-0.15, -0.1) is 0 Å². The molecule has 1 heterocycles. The molecule has 1 saturated heterocycles. The highest BCUT2D eigenvalue weighted by molar-refractivity contribution is 6.31. The SMILES string of the molecule is CC(N)c1ccc(N(C)CC2CCCN2C)cc1Cl. The van der Waals surface area contributed by atoms with Crippen molar-refractivity contribution in [1.82, 2.24) is 4.90 Å². The van der Waals surface area contributed by atoms with Gasteiger partial charge in [0.25, 0.3) is 0 Å². The van der Waals surface area contributed by atoms with Crippen molar-refractivity contribution >= 4 is 17.3 Å². The highest BCUT2D eigenvalue weighted by Crippen LogP contribution is 2.27. The third kappa shape index (κ3) is 3.41. The Bertz CT molecular complexity index is 433. The molecule has 19 heavy (non-hydrogen) atoms. The number of nitrogens with two attached hydrogens (primary N) is 1. The van der Waals surface area contributed by atoms with E-state index in [9.17, 15) is 0 Å². The van der Waals surface area contributed by atoms with Crippen LogP contribution >= 0.6 is 11.6 Å². The quantitative estimate of drug-likeness (QED) is 0.921. The van der Waals surface area contributed by atoms with Gasteiger partial charge in [-0.2, -0.15) is 0 Å². The lowest BCUT2D eigenvalue weighted by Gasteiger charge is -2.27. The summed E-state index contributed by atoms with van der Waals surface area (Å²) in [5, 5.41) is 0.763. The molecule has 1 fully saturated rings. The largest absolute Gasteiger partial charge is 0.373 e. The highest BCUT2D eigenvalue weighted by Gasteiger charge is 2.22. The van der Waals surface area contributed by atoms with Crippen molar-refractivity contribution in [1.29, 1.82) is 0 Å². The van der Waals surface area contributed by atoms with Gasteiger partial charge in [-0.1, -0.05) is 17.7 Å². The van der Waals surface area contributed by atoms with Crippen molar-refractivity contribution in [2.24, 2.45) is 5.73 Å². The summed E-state index contributed by atoms with van der Waals surface area (Å²) in [7, 11) is 4.33. The van der Waals surface area contributed by atoms with Crippen molar-refractivity contribution in [3.8, 4) is 0 Å². The second-order valence-corrected chi connectivity index (χ2v) is 6.06. The predicted octanol–water partition coefficient (Wildman–Crippen LogP) is 2.89. The Morgan fingerprint density at radius 3 is 2.79 bits per heavy atom. The summed E-state index contributed by atoms with van der Waals surface area (Å²) in [4.78, 5) is 4.72. The van der Waals surface area contributed by atoms with E-state index in [1.807, 2.05) is 19.1 Å². The lowest BCUT2D eigenvalue weighted by molar-refractivity contribution is 0.314. The first kappa shape index (κ1) is 14.6. The maximum absolute atomic E-state index is 6.30. The normalized spacial score (nSPS) is 21.6. The van der Waals surface area contributed by atoms with Gasteiger partial charge in [0.15, 0.2) is 0 Å². The van der Waals surface area contributed by atoms with E-state index in [2.05, 4.69) is 30.0 Å². The van der Waals surface area contributed by atoms with Crippen LogP contribution in [0.15, 0.2) is 18.2 Å². The Balaban J connectivity index is 2.07. The molecule has 0 radical (unpaired) electrons. The average molecular weight is 282 g/mol. The zero-order valence-corrected chi connectivity index (χ0v) is 12.8. The molecule has 0 bridgehead atoms. The summed E-state index contributed by atoms with van der Waals surface area (Å²) in [6.45, 7) is 4.21. The molecule has 0 spiro atoms. The lowest BCUT2D eigenvalue weighted by atomic mass is 10.1. The Morgan fingerprint density at radius 2 is 2.26 bits per heavy atom. The Morgan fingerprint density at radius 1 is 1.53 bits per heavy atom.